The number of allylic oxidation sites excluding steroid dienone is 2. The maximum atomic E-state index is 12.6. The minimum absolute atomic E-state index is 0.00574. The molecule has 0 spiro atoms. The Bertz CT molecular complexity index is 680. The van der Waals surface area contributed by atoms with Crippen molar-refractivity contribution in [3.8, 4) is 0 Å². The van der Waals surface area contributed by atoms with Crippen molar-refractivity contribution in [3.63, 3.8) is 0 Å². The number of nitrogens with zero attached hydrogens (tertiary/aromatic N) is 1. The van der Waals surface area contributed by atoms with E-state index in [-0.39, 0.29) is 11.6 Å². The lowest BCUT2D eigenvalue weighted by molar-refractivity contribution is -0.0980. The zero-order chi connectivity index (χ0) is 15.3. The summed E-state index contributed by atoms with van der Waals surface area (Å²) in [4.78, 5) is 38.4. The van der Waals surface area contributed by atoms with Crippen molar-refractivity contribution in [1.82, 2.24) is 9.88 Å². The topological polar surface area (TPSA) is 70.0 Å². The zero-order valence-electron chi connectivity index (χ0n) is 12.3. The minimum Gasteiger partial charge on any atom is -0.364 e. The van der Waals surface area contributed by atoms with Gasteiger partial charge in [0, 0.05) is 24.4 Å². The third-order valence-electron chi connectivity index (χ3n) is 4.59. The van der Waals surface area contributed by atoms with Crippen LogP contribution < -0.4 is 0 Å². The van der Waals surface area contributed by atoms with Crippen LogP contribution in [0.15, 0.2) is 11.3 Å². The molecule has 2 heterocycles. The largest absolute Gasteiger partial charge is 0.364 e. The lowest BCUT2D eigenvalue weighted by Crippen LogP contribution is -2.25. The molecule has 1 atom stereocenters. The summed E-state index contributed by atoms with van der Waals surface area (Å²) in [5, 5.41) is 0. The molecule has 21 heavy (non-hydrogen) atoms. The Morgan fingerprint density at radius 2 is 1.86 bits per heavy atom. The highest BCUT2D eigenvalue weighted by atomic mass is 16.1. The van der Waals surface area contributed by atoms with Crippen LogP contribution >= 0.6 is 0 Å². The molecule has 5 heteroatoms. The van der Waals surface area contributed by atoms with Crippen molar-refractivity contribution >= 4 is 18.4 Å². The van der Waals surface area contributed by atoms with Crippen molar-refractivity contribution in [3.05, 3.63) is 33.8 Å². The van der Waals surface area contributed by atoms with Gasteiger partial charge < -0.3 is 14.7 Å². The van der Waals surface area contributed by atoms with Crippen molar-refractivity contribution in [2.24, 2.45) is 0 Å². The SMILES string of the molecule is C=O.CC1=C(N2CC2)C(=O)c2[nH]c3c(c2C1=O)CCC3C. The normalized spacial score (nSPS) is 22.8. The fraction of sp³-hybridized carbons (Fsp3) is 0.438. The molecule has 1 N–H and O–H groups in total. The predicted molar refractivity (Wildman–Crippen MR) is 77.6 cm³/mol. The zero-order valence-corrected chi connectivity index (χ0v) is 12.3. The quantitative estimate of drug-likeness (QED) is 0.800. The van der Waals surface area contributed by atoms with Crippen LogP contribution in [0, 0.1) is 0 Å². The number of carbonyl (C=O) groups is 3. The third-order valence-corrected chi connectivity index (χ3v) is 4.59. The standard InChI is InChI=1S/C15H16N2O2.CH2O/c1-7-3-4-9-10-12(16-11(7)9)15(19)13(17-5-6-17)8(2)14(10)18;1-2/h7,16H,3-6H2,1-2H3;1H2. The van der Waals surface area contributed by atoms with E-state index in [0.29, 0.717) is 28.4 Å². The second-order valence-corrected chi connectivity index (χ2v) is 5.83. The van der Waals surface area contributed by atoms with Crippen molar-refractivity contribution in [2.75, 3.05) is 13.1 Å². The van der Waals surface area contributed by atoms with Gasteiger partial charge in [0.25, 0.3) is 0 Å². The number of hydrogen-bond acceptors (Lipinski definition) is 4. The average Bonchev–Trinajstić information content (AvgIpc) is 3.14. The van der Waals surface area contributed by atoms with Crippen LogP contribution in [-0.4, -0.2) is 41.3 Å². The summed E-state index contributed by atoms with van der Waals surface area (Å²) in [7, 11) is 0. The lowest BCUT2D eigenvalue weighted by atomic mass is 9.90. The van der Waals surface area contributed by atoms with Crippen LogP contribution in [0.4, 0.5) is 0 Å². The van der Waals surface area contributed by atoms with Crippen LogP contribution in [-0.2, 0) is 11.2 Å². The maximum Gasteiger partial charge on any atom is 0.226 e. The molecular formula is C16H18N2O3. The number of H-pyrrole nitrogens is 1. The van der Waals surface area contributed by atoms with E-state index in [1.807, 2.05) is 11.7 Å². The molecule has 110 valence electrons. The predicted octanol–water partition coefficient (Wildman–Crippen LogP) is 1.85. The van der Waals surface area contributed by atoms with Crippen molar-refractivity contribution in [2.45, 2.75) is 32.6 Å². The maximum absolute atomic E-state index is 12.6. The number of nitrogens with one attached hydrogen (secondary N) is 1. The third kappa shape index (κ3) is 1.80. The highest BCUT2D eigenvalue weighted by Crippen LogP contribution is 2.40. The van der Waals surface area contributed by atoms with Gasteiger partial charge in [0.2, 0.25) is 5.78 Å². The van der Waals surface area contributed by atoms with E-state index in [4.69, 9.17) is 4.79 Å². The summed E-state index contributed by atoms with van der Waals surface area (Å²) >= 11 is 0. The molecule has 1 aromatic heterocycles. The smallest absolute Gasteiger partial charge is 0.226 e. The van der Waals surface area contributed by atoms with E-state index >= 15 is 0 Å². The lowest BCUT2D eigenvalue weighted by Gasteiger charge is -2.18. The molecule has 0 radical (unpaired) electrons. The first-order valence-corrected chi connectivity index (χ1v) is 7.18. The summed E-state index contributed by atoms with van der Waals surface area (Å²) in [6.45, 7) is 7.71. The first-order valence-electron chi connectivity index (χ1n) is 7.18. The molecular weight excluding hydrogens is 268 g/mol. The average molecular weight is 286 g/mol. The van der Waals surface area contributed by atoms with Crippen LogP contribution in [0.3, 0.4) is 0 Å². The molecule has 0 amide bonds. The Morgan fingerprint density at radius 1 is 1.19 bits per heavy atom. The van der Waals surface area contributed by atoms with E-state index in [1.54, 1.807) is 6.92 Å². The fourth-order valence-corrected chi connectivity index (χ4v) is 3.40. The van der Waals surface area contributed by atoms with Crippen LogP contribution in [0.25, 0.3) is 0 Å². The monoisotopic (exact) mass is 286 g/mol. The van der Waals surface area contributed by atoms with Crippen molar-refractivity contribution in [1.29, 1.82) is 0 Å². The molecule has 2 aliphatic carbocycles. The molecule has 1 fully saturated rings. The van der Waals surface area contributed by atoms with Crippen LogP contribution in [0.1, 0.15) is 58.3 Å². The Hall–Kier alpha value is -2.17. The van der Waals surface area contributed by atoms with Gasteiger partial charge in [-0.1, -0.05) is 6.92 Å². The molecule has 0 saturated carbocycles. The molecule has 1 aromatic rings. The number of ketones is 2. The molecule has 1 saturated heterocycles. The molecule has 5 nitrogen and oxygen atoms in total. The summed E-state index contributed by atoms with van der Waals surface area (Å²) < 4.78 is 0. The Balaban J connectivity index is 0.000000636. The van der Waals surface area contributed by atoms with E-state index in [9.17, 15) is 9.59 Å². The molecule has 1 aliphatic heterocycles. The molecule has 3 aliphatic rings. The Labute approximate surface area is 123 Å². The summed E-state index contributed by atoms with van der Waals surface area (Å²) in [6, 6.07) is 0. The Kier molecular flexibility index (Phi) is 3.08. The van der Waals surface area contributed by atoms with E-state index in [0.717, 1.165) is 37.2 Å². The van der Waals surface area contributed by atoms with Gasteiger partial charge in [-0.3, -0.25) is 9.59 Å². The molecule has 0 aromatic carbocycles. The van der Waals surface area contributed by atoms with Crippen LogP contribution in [0.5, 0.6) is 0 Å². The van der Waals surface area contributed by atoms with E-state index < -0.39 is 0 Å². The van der Waals surface area contributed by atoms with Gasteiger partial charge in [-0.2, -0.15) is 0 Å². The minimum atomic E-state index is 0.00574. The highest BCUT2D eigenvalue weighted by Gasteiger charge is 2.41. The first kappa shape index (κ1) is 13.8. The number of aromatic amines is 1. The highest BCUT2D eigenvalue weighted by molar-refractivity contribution is 6.26. The second kappa shape index (κ2) is 4.69. The number of carbonyl (C=O) groups excluding carboxylic acids is 3. The molecule has 1 unspecified atom stereocenters. The summed E-state index contributed by atoms with van der Waals surface area (Å²) in [6.07, 6.45) is 1.98. The molecule has 0 bridgehead atoms. The number of Topliss-reactive ketones (excluding diaryl/α,β-unsaturated/α-hetero) is 2. The van der Waals surface area contributed by atoms with E-state index in [1.165, 1.54) is 0 Å². The first-order chi connectivity index (χ1) is 10.1. The number of hydrogen-bond donors (Lipinski definition) is 1. The van der Waals surface area contributed by atoms with Gasteiger partial charge >= 0.3 is 0 Å². The number of rotatable bonds is 1. The second-order valence-electron chi connectivity index (χ2n) is 5.83. The van der Waals surface area contributed by atoms with Crippen LogP contribution in [0.2, 0.25) is 0 Å². The van der Waals surface area contributed by atoms with Gasteiger partial charge in [0.05, 0.1) is 11.3 Å². The number of aromatic nitrogens is 1. The fourth-order valence-electron chi connectivity index (χ4n) is 3.40. The van der Waals surface area contributed by atoms with Gasteiger partial charge in [0.15, 0.2) is 5.78 Å². The Morgan fingerprint density at radius 3 is 2.48 bits per heavy atom. The van der Waals surface area contributed by atoms with E-state index in [2.05, 4.69) is 11.9 Å². The molecule has 4 rings (SSSR count). The summed E-state index contributed by atoms with van der Waals surface area (Å²) in [5.41, 5.74) is 4.62. The van der Waals surface area contributed by atoms with Gasteiger partial charge in [-0.25, -0.2) is 0 Å². The van der Waals surface area contributed by atoms with Gasteiger partial charge in [-0.15, -0.1) is 0 Å². The van der Waals surface area contributed by atoms with Crippen molar-refractivity contribution < 1.29 is 14.4 Å². The summed E-state index contributed by atoms with van der Waals surface area (Å²) in [5.74, 6) is 0.473. The number of fused-ring (bicyclic) bond motifs is 3. The van der Waals surface area contributed by atoms with Gasteiger partial charge in [0.1, 0.15) is 12.5 Å². The van der Waals surface area contributed by atoms with Gasteiger partial charge in [-0.05, 0) is 31.2 Å².